The normalized spacial score (nSPS) is 15.2. The number of hydrogen-bond donors (Lipinski definition) is 0. The molecule has 2 aromatic rings. The van der Waals surface area contributed by atoms with Crippen molar-refractivity contribution in [2.75, 3.05) is 40.8 Å². The Morgan fingerprint density at radius 1 is 1.19 bits per heavy atom. The fourth-order valence-corrected chi connectivity index (χ4v) is 3.61. The number of benzene rings is 1. The standard InChI is InChI=1S/C22H29N3O2/c1-24(2)16-22(26)25-12-10-18(11-13-25)21-9-5-7-19(23-21)14-17-6-4-8-20(15-17)27-3/h4-9,15,18H,10-14,16H2,1-3H3. The maximum atomic E-state index is 12.2. The van der Waals surface area contributed by atoms with Crippen LogP contribution in [0.3, 0.4) is 0 Å². The minimum absolute atomic E-state index is 0.221. The molecule has 0 atom stereocenters. The van der Waals surface area contributed by atoms with Crippen molar-refractivity contribution in [2.24, 2.45) is 0 Å². The molecule has 0 unspecified atom stereocenters. The molecule has 3 rings (SSSR count). The zero-order chi connectivity index (χ0) is 19.2. The number of amides is 1. The van der Waals surface area contributed by atoms with Gasteiger partial charge < -0.3 is 14.5 Å². The summed E-state index contributed by atoms with van der Waals surface area (Å²) in [6.45, 7) is 2.12. The van der Waals surface area contributed by atoms with Gasteiger partial charge in [0, 0.05) is 36.8 Å². The van der Waals surface area contributed by atoms with Gasteiger partial charge in [-0.25, -0.2) is 0 Å². The molecule has 1 aromatic heterocycles. The van der Waals surface area contributed by atoms with Crippen molar-refractivity contribution in [1.29, 1.82) is 0 Å². The van der Waals surface area contributed by atoms with Gasteiger partial charge in [0.15, 0.2) is 0 Å². The second-order valence-electron chi connectivity index (χ2n) is 7.47. The van der Waals surface area contributed by atoms with Crippen LogP contribution in [-0.2, 0) is 11.2 Å². The molecular formula is C22H29N3O2. The zero-order valence-electron chi connectivity index (χ0n) is 16.5. The van der Waals surface area contributed by atoms with Crippen LogP contribution in [0, 0.1) is 0 Å². The monoisotopic (exact) mass is 367 g/mol. The van der Waals surface area contributed by atoms with Gasteiger partial charge in [-0.1, -0.05) is 18.2 Å². The highest BCUT2D eigenvalue weighted by molar-refractivity contribution is 5.78. The Kier molecular flexibility index (Phi) is 6.45. The molecule has 27 heavy (non-hydrogen) atoms. The van der Waals surface area contributed by atoms with E-state index in [1.807, 2.05) is 36.0 Å². The molecule has 1 aliphatic rings. The van der Waals surface area contributed by atoms with Gasteiger partial charge in [0.1, 0.15) is 5.75 Å². The zero-order valence-corrected chi connectivity index (χ0v) is 16.5. The predicted octanol–water partition coefficient (Wildman–Crippen LogP) is 2.95. The van der Waals surface area contributed by atoms with Crippen molar-refractivity contribution in [2.45, 2.75) is 25.2 Å². The summed E-state index contributed by atoms with van der Waals surface area (Å²) < 4.78 is 5.31. The number of nitrogens with zero attached hydrogens (tertiary/aromatic N) is 3. The third kappa shape index (κ3) is 5.30. The van der Waals surface area contributed by atoms with Crippen LogP contribution in [0.1, 0.15) is 35.7 Å². The van der Waals surface area contributed by atoms with E-state index < -0.39 is 0 Å². The van der Waals surface area contributed by atoms with Crippen LogP contribution in [-0.4, -0.2) is 61.5 Å². The number of pyridine rings is 1. The molecule has 1 amide bonds. The number of carbonyl (C=O) groups is 1. The third-order valence-corrected chi connectivity index (χ3v) is 5.07. The van der Waals surface area contributed by atoms with Crippen LogP contribution >= 0.6 is 0 Å². The van der Waals surface area contributed by atoms with Crippen molar-refractivity contribution in [3.05, 3.63) is 59.4 Å². The first-order valence-corrected chi connectivity index (χ1v) is 9.56. The molecule has 1 fully saturated rings. The van der Waals surface area contributed by atoms with E-state index in [-0.39, 0.29) is 5.91 Å². The number of ether oxygens (including phenoxy) is 1. The summed E-state index contributed by atoms with van der Waals surface area (Å²) in [7, 11) is 5.55. The molecule has 2 heterocycles. The van der Waals surface area contributed by atoms with Crippen molar-refractivity contribution < 1.29 is 9.53 Å². The maximum Gasteiger partial charge on any atom is 0.236 e. The Balaban J connectivity index is 1.62. The molecule has 144 valence electrons. The molecule has 5 heteroatoms. The Bertz CT molecular complexity index is 768. The Morgan fingerprint density at radius 3 is 2.63 bits per heavy atom. The highest BCUT2D eigenvalue weighted by Gasteiger charge is 2.24. The first-order valence-electron chi connectivity index (χ1n) is 9.56. The quantitative estimate of drug-likeness (QED) is 0.788. The van der Waals surface area contributed by atoms with Crippen LogP contribution in [0.15, 0.2) is 42.5 Å². The number of aromatic nitrogens is 1. The maximum absolute atomic E-state index is 12.2. The van der Waals surface area contributed by atoms with Gasteiger partial charge >= 0.3 is 0 Å². The summed E-state index contributed by atoms with van der Waals surface area (Å²) in [5, 5.41) is 0. The predicted molar refractivity (Wildman–Crippen MR) is 107 cm³/mol. The Labute approximate surface area is 162 Å². The fraction of sp³-hybridized carbons (Fsp3) is 0.455. The lowest BCUT2D eigenvalue weighted by atomic mass is 9.92. The molecule has 0 bridgehead atoms. The van der Waals surface area contributed by atoms with E-state index >= 15 is 0 Å². The number of likely N-dealkylation sites (tertiary alicyclic amines) is 1. The molecule has 1 saturated heterocycles. The molecule has 1 aliphatic heterocycles. The molecule has 0 radical (unpaired) electrons. The fourth-order valence-electron chi connectivity index (χ4n) is 3.61. The lowest BCUT2D eigenvalue weighted by Gasteiger charge is -2.32. The van der Waals surface area contributed by atoms with Crippen LogP contribution in [0.25, 0.3) is 0 Å². The smallest absolute Gasteiger partial charge is 0.236 e. The number of carbonyl (C=O) groups excluding carboxylic acids is 1. The van der Waals surface area contributed by atoms with Crippen LogP contribution in [0.2, 0.25) is 0 Å². The van der Waals surface area contributed by atoms with Gasteiger partial charge in [0.05, 0.1) is 13.7 Å². The number of methoxy groups -OCH3 is 1. The number of hydrogen-bond acceptors (Lipinski definition) is 4. The van der Waals surface area contributed by atoms with Crippen LogP contribution in [0.5, 0.6) is 5.75 Å². The first-order chi connectivity index (χ1) is 13.0. The number of rotatable bonds is 6. The van der Waals surface area contributed by atoms with Gasteiger partial charge in [0.2, 0.25) is 5.91 Å². The first kappa shape index (κ1) is 19.4. The number of likely N-dealkylation sites (N-methyl/N-ethyl adjacent to an activating group) is 1. The molecule has 5 nitrogen and oxygen atoms in total. The number of piperidine rings is 1. The van der Waals surface area contributed by atoms with E-state index in [1.54, 1.807) is 7.11 Å². The minimum Gasteiger partial charge on any atom is -0.497 e. The highest BCUT2D eigenvalue weighted by Crippen LogP contribution is 2.27. The molecule has 0 saturated carbocycles. The second-order valence-corrected chi connectivity index (χ2v) is 7.47. The Hall–Kier alpha value is -2.40. The molecule has 1 aromatic carbocycles. The molecule has 0 spiro atoms. The lowest BCUT2D eigenvalue weighted by Crippen LogP contribution is -2.42. The van der Waals surface area contributed by atoms with E-state index in [4.69, 9.17) is 9.72 Å². The van der Waals surface area contributed by atoms with Crippen LogP contribution in [0.4, 0.5) is 0 Å². The summed E-state index contributed by atoms with van der Waals surface area (Å²) in [6.07, 6.45) is 2.76. The van der Waals surface area contributed by atoms with E-state index in [2.05, 4.69) is 30.3 Å². The molecular weight excluding hydrogens is 338 g/mol. The van der Waals surface area contributed by atoms with Crippen molar-refractivity contribution in [1.82, 2.24) is 14.8 Å². The molecule has 0 N–H and O–H groups in total. The van der Waals surface area contributed by atoms with Gasteiger partial charge in [-0.05, 0) is 56.8 Å². The van der Waals surface area contributed by atoms with E-state index in [0.29, 0.717) is 12.5 Å². The van der Waals surface area contributed by atoms with E-state index in [0.717, 1.165) is 49.5 Å². The minimum atomic E-state index is 0.221. The van der Waals surface area contributed by atoms with Gasteiger partial charge in [-0.2, -0.15) is 0 Å². The lowest BCUT2D eigenvalue weighted by molar-refractivity contribution is -0.132. The Morgan fingerprint density at radius 2 is 1.93 bits per heavy atom. The third-order valence-electron chi connectivity index (χ3n) is 5.07. The largest absolute Gasteiger partial charge is 0.497 e. The summed E-state index contributed by atoms with van der Waals surface area (Å²) in [5.74, 6) is 1.52. The summed E-state index contributed by atoms with van der Waals surface area (Å²) in [6, 6.07) is 14.4. The van der Waals surface area contributed by atoms with E-state index in [1.165, 1.54) is 5.56 Å². The van der Waals surface area contributed by atoms with Crippen molar-refractivity contribution in [3.63, 3.8) is 0 Å². The van der Waals surface area contributed by atoms with Crippen LogP contribution < -0.4 is 4.74 Å². The van der Waals surface area contributed by atoms with Gasteiger partial charge in [-0.3, -0.25) is 9.78 Å². The van der Waals surface area contributed by atoms with Crippen molar-refractivity contribution in [3.8, 4) is 5.75 Å². The topological polar surface area (TPSA) is 45.7 Å². The summed E-state index contributed by atoms with van der Waals surface area (Å²) >= 11 is 0. The van der Waals surface area contributed by atoms with E-state index in [9.17, 15) is 4.79 Å². The summed E-state index contributed by atoms with van der Waals surface area (Å²) in [5.41, 5.74) is 3.42. The molecule has 0 aliphatic carbocycles. The summed E-state index contributed by atoms with van der Waals surface area (Å²) in [4.78, 5) is 21.0. The second kappa shape index (κ2) is 9.00. The average Bonchev–Trinajstić information content (AvgIpc) is 2.68. The van der Waals surface area contributed by atoms with Gasteiger partial charge in [0.25, 0.3) is 0 Å². The van der Waals surface area contributed by atoms with Gasteiger partial charge in [-0.15, -0.1) is 0 Å². The average molecular weight is 367 g/mol. The van der Waals surface area contributed by atoms with Crippen molar-refractivity contribution >= 4 is 5.91 Å². The highest BCUT2D eigenvalue weighted by atomic mass is 16.5. The SMILES string of the molecule is COc1cccc(Cc2cccc(C3CCN(C(=O)CN(C)C)CC3)n2)c1.